The van der Waals surface area contributed by atoms with Crippen molar-refractivity contribution in [2.75, 3.05) is 46.4 Å². The zero-order valence-electron chi connectivity index (χ0n) is 15.2. The van der Waals surface area contributed by atoms with Gasteiger partial charge in [-0.25, -0.2) is 0 Å². The van der Waals surface area contributed by atoms with Gasteiger partial charge in [0.25, 0.3) is 0 Å². The number of benzene rings is 1. The first-order valence-electron chi connectivity index (χ1n) is 9.61. The Hall–Kier alpha value is -1.59. The molecule has 3 heterocycles. The first kappa shape index (κ1) is 16.9. The lowest BCUT2D eigenvalue weighted by atomic mass is 9.69. The predicted octanol–water partition coefficient (Wildman–Crippen LogP) is 1.62. The number of likely N-dealkylation sites (N-methyl/N-ethyl adjacent to an activating group) is 1. The number of rotatable bonds is 3. The van der Waals surface area contributed by atoms with Gasteiger partial charge in [-0.3, -0.25) is 9.69 Å². The molecule has 0 saturated carbocycles. The van der Waals surface area contributed by atoms with Crippen LogP contribution in [0.4, 0.5) is 0 Å². The number of hydrogen-bond donors (Lipinski definition) is 1. The van der Waals surface area contributed by atoms with Gasteiger partial charge in [-0.1, -0.05) is 18.2 Å². The number of carbonyl (C=O) groups is 1. The van der Waals surface area contributed by atoms with Crippen molar-refractivity contribution in [3.8, 4) is 5.75 Å². The zero-order valence-corrected chi connectivity index (χ0v) is 15.2. The fraction of sp³-hybridized carbons (Fsp3) is 0.650. The van der Waals surface area contributed by atoms with Gasteiger partial charge in [-0.05, 0) is 51.9 Å². The molecule has 4 rings (SSSR count). The molecule has 1 N–H and O–H groups in total. The van der Waals surface area contributed by atoms with E-state index < -0.39 is 0 Å². The van der Waals surface area contributed by atoms with Crippen molar-refractivity contribution in [2.45, 2.75) is 37.1 Å². The molecular weight excluding hydrogens is 314 g/mol. The summed E-state index contributed by atoms with van der Waals surface area (Å²) in [5, 5.41) is 2.97. The van der Waals surface area contributed by atoms with Crippen LogP contribution in [0.2, 0.25) is 0 Å². The second kappa shape index (κ2) is 6.96. The van der Waals surface area contributed by atoms with Gasteiger partial charge in [0.2, 0.25) is 5.91 Å². The van der Waals surface area contributed by atoms with Crippen molar-refractivity contribution in [3.63, 3.8) is 0 Å². The molecule has 2 fully saturated rings. The number of amides is 1. The van der Waals surface area contributed by atoms with Crippen LogP contribution in [0.15, 0.2) is 24.3 Å². The number of nitrogens with one attached hydrogen (secondary N) is 1. The van der Waals surface area contributed by atoms with Crippen LogP contribution in [-0.4, -0.2) is 68.1 Å². The summed E-state index contributed by atoms with van der Waals surface area (Å²) in [7, 11) is 1.83. The molecule has 0 radical (unpaired) electrons. The summed E-state index contributed by atoms with van der Waals surface area (Å²) in [5.41, 5.74) is 1.71. The van der Waals surface area contributed by atoms with E-state index in [-0.39, 0.29) is 5.91 Å². The van der Waals surface area contributed by atoms with E-state index in [4.69, 9.17) is 4.74 Å². The number of nitrogens with zero attached hydrogens (tertiary/aromatic N) is 2. The first-order valence-corrected chi connectivity index (χ1v) is 9.61. The highest BCUT2D eigenvalue weighted by atomic mass is 16.5. The molecule has 0 aliphatic carbocycles. The van der Waals surface area contributed by atoms with Crippen LogP contribution in [0.3, 0.4) is 0 Å². The van der Waals surface area contributed by atoms with Crippen molar-refractivity contribution in [1.29, 1.82) is 0 Å². The maximum absolute atomic E-state index is 12.1. The third-order valence-electron chi connectivity index (χ3n) is 6.41. The lowest BCUT2D eigenvalue weighted by Crippen LogP contribution is -2.49. The second-order valence-corrected chi connectivity index (χ2v) is 7.72. The fourth-order valence-electron chi connectivity index (χ4n) is 4.89. The number of piperidine rings is 1. The van der Waals surface area contributed by atoms with Crippen LogP contribution in [0, 0.1) is 0 Å². The molecule has 0 bridgehead atoms. The summed E-state index contributed by atoms with van der Waals surface area (Å²) < 4.78 is 5.88. The van der Waals surface area contributed by atoms with Gasteiger partial charge in [0, 0.05) is 30.1 Å². The molecule has 1 aromatic rings. The average molecular weight is 343 g/mol. The molecule has 0 aromatic heterocycles. The van der Waals surface area contributed by atoms with E-state index in [1.807, 2.05) is 11.9 Å². The normalized spacial score (nSPS) is 25.6. The van der Waals surface area contributed by atoms with Crippen LogP contribution in [0.1, 0.15) is 31.2 Å². The smallest absolute Gasteiger partial charge is 0.236 e. The number of ether oxygens (including phenoxy) is 1. The SMILES string of the molecule is CNCC(=O)N1CCC(N2CCC3(CCOc4ccccc43)CC2)C1. The van der Waals surface area contributed by atoms with E-state index in [0.717, 1.165) is 51.4 Å². The summed E-state index contributed by atoms with van der Waals surface area (Å²) in [6.07, 6.45) is 4.65. The maximum atomic E-state index is 12.1. The molecule has 1 unspecified atom stereocenters. The van der Waals surface area contributed by atoms with E-state index in [9.17, 15) is 4.79 Å². The summed E-state index contributed by atoms with van der Waals surface area (Å²) >= 11 is 0. The third-order valence-corrected chi connectivity index (χ3v) is 6.41. The van der Waals surface area contributed by atoms with Gasteiger partial charge in [0.05, 0.1) is 13.2 Å². The van der Waals surface area contributed by atoms with Gasteiger partial charge >= 0.3 is 0 Å². The Kier molecular flexibility index (Phi) is 4.69. The van der Waals surface area contributed by atoms with Crippen LogP contribution in [0.5, 0.6) is 5.75 Å². The Morgan fingerprint density at radius 2 is 2.04 bits per heavy atom. The minimum atomic E-state index is 0.233. The van der Waals surface area contributed by atoms with Crippen molar-refractivity contribution in [3.05, 3.63) is 29.8 Å². The van der Waals surface area contributed by atoms with Crippen molar-refractivity contribution >= 4 is 5.91 Å². The van der Waals surface area contributed by atoms with Crippen LogP contribution in [0.25, 0.3) is 0 Å². The number of likely N-dealkylation sites (tertiary alicyclic amines) is 2. The summed E-state index contributed by atoms with van der Waals surface area (Å²) in [6.45, 7) is 5.36. The zero-order chi connectivity index (χ0) is 17.3. The lowest BCUT2D eigenvalue weighted by molar-refractivity contribution is -0.129. The molecule has 1 spiro atoms. The van der Waals surface area contributed by atoms with Crippen molar-refractivity contribution in [1.82, 2.24) is 15.1 Å². The van der Waals surface area contributed by atoms with Crippen LogP contribution >= 0.6 is 0 Å². The molecular formula is C20H29N3O2. The van der Waals surface area contributed by atoms with Crippen LogP contribution < -0.4 is 10.1 Å². The number of para-hydroxylation sites is 1. The average Bonchev–Trinajstić information content (AvgIpc) is 3.13. The second-order valence-electron chi connectivity index (χ2n) is 7.72. The van der Waals surface area contributed by atoms with E-state index in [1.54, 1.807) is 0 Å². The van der Waals surface area contributed by atoms with Gasteiger partial charge < -0.3 is 15.0 Å². The molecule has 1 amide bonds. The Morgan fingerprint density at radius 3 is 2.84 bits per heavy atom. The molecule has 136 valence electrons. The van der Waals surface area contributed by atoms with Crippen LogP contribution in [-0.2, 0) is 10.2 Å². The Morgan fingerprint density at radius 1 is 1.24 bits per heavy atom. The first-order chi connectivity index (χ1) is 12.2. The van der Waals surface area contributed by atoms with E-state index in [1.165, 1.54) is 18.4 Å². The Balaban J connectivity index is 1.39. The topological polar surface area (TPSA) is 44.8 Å². The van der Waals surface area contributed by atoms with E-state index >= 15 is 0 Å². The maximum Gasteiger partial charge on any atom is 0.236 e. The molecule has 3 aliphatic rings. The predicted molar refractivity (Wildman–Crippen MR) is 98.0 cm³/mol. The highest BCUT2D eigenvalue weighted by molar-refractivity contribution is 5.78. The third kappa shape index (κ3) is 3.15. The van der Waals surface area contributed by atoms with Crippen molar-refractivity contribution < 1.29 is 9.53 Å². The van der Waals surface area contributed by atoms with E-state index in [0.29, 0.717) is 18.0 Å². The Labute approximate surface area is 150 Å². The standard InChI is InChI=1S/C20H29N3O2/c1-21-14-19(24)23-10-6-16(15-23)22-11-7-20(8-12-22)9-13-25-18-5-3-2-4-17(18)20/h2-5,16,21H,6-15H2,1H3. The van der Waals surface area contributed by atoms with Gasteiger partial charge in [-0.15, -0.1) is 0 Å². The quantitative estimate of drug-likeness (QED) is 0.906. The van der Waals surface area contributed by atoms with Gasteiger partial charge in [0.1, 0.15) is 5.75 Å². The molecule has 3 aliphatic heterocycles. The lowest BCUT2D eigenvalue weighted by Gasteiger charge is -2.46. The van der Waals surface area contributed by atoms with Gasteiger partial charge in [0.15, 0.2) is 0 Å². The molecule has 25 heavy (non-hydrogen) atoms. The summed E-state index contributed by atoms with van der Waals surface area (Å²) in [5.74, 6) is 1.32. The van der Waals surface area contributed by atoms with E-state index in [2.05, 4.69) is 34.5 Å². The Bertz CT molecular complexity index is 625. The van der Waals surface area contributed by atoms with Gasteiger partial charge in [-0.2, -0.15) is 0 Å². The highest BCUT2D eigenvalue weighted by Gasteiger charge is 2.42. The minimum Gasteiger partial charge on any atom is -0.493 e. The fourth-order valence-corrected chi connectivity index (χ4v) is 4.89. The largest absolute Gasteiger partial charge is 0.493 e. The molecule has 5 heteroatoms. The molecule has 5 nitrogen and oxygen atoms in total. The molecule has 2 saturated heterocycles. The summed E-state index contributed by atoms with van der Waals surface area (Å²) in [6, 6.07) is 9.13. The minimum absolute atomic E-state index is 0.233. The number of fused-ring (bicyclic) bond motifs is 2. The summed E-state index contributed by atoms with van der Waals surface area (Å²) in [4.78, 5) is 16.7. The highest BCUT2D eigenvalue weighted by Crippen LogP contribution is 2.46. The molecule has 1 atom stereocenters. The van der Waals surface area contributed by atoms with Crippen molar-refractivity contribution in [2.24, 2.45) is 0 Å². The molecule has 1 aromatic carbocycles. The monoisotopic (exact) mass is 343 g/mol. The number of carbonyl (C=O) groups excluding carboxylic acids is 1. The number of hydrogen-bond acceptors (Lipinski definition) is 4.